The smallest absolute Gasteiger partial charge is 0.243 e. The number of nitrogens with zero attached hydrogens (tertiary/aromatic N) is 3. The minimum absolute atomic E-state index is 0.0787. The Morgan fingerprint density at radius 1 is 0.944 bits per heavy atom. The van der Waals surface area contributed by atoms with Gasteiger partial charge in [0.2, 0.25) is 22.7 Å². The molecule has 0 saturated carbocycles. The molecular weight excluding hydrogens is 478 g/mol. The number of piperidine rings is 1. The lowest BCUT2D eigenvalue weighted by Crippen LogP contribution is -2.52. The lowest BCUT2D eigenvalue weighted by Gasteiger charge is -2.39. The molecule has 0 aliphatic carbocycles. The summed E-state index contributed by atoms with van der Waals surface area (Å²) in [5, 5.41) is 0. The molecule has 3 aliphatic rings. The van der Waals surface area contributed by atoms with Crippen LogP contribution in [0.5, 0.6) is 11.5 Å². The average Bonchev–Trinajstić information content (AvgIpc) is 3.31. The van der Waals surface area contributed by atoms with Gasteiger partial charge in [0, 0.05) is 45.8 Å². The van der Waals surface area contributed by atoms with Crippen molar-refractivity contribution < 1.29 is 22.7 Å². The third-order valence-electron chi connectivity index (χ3n) is 7.46. The van der Waals surface area contributed by atoms with Crippen LogP contribution in [0.3, 0.4) is 0 Å². The number of hydrogen-bond acceptors (Lipinski definition) is 6. The maximum Gasteiger partial charge on any atom is 0.243 e. The van der Waals surface area contributed by atoms with Gasteiger partial charge in [-0.2, -0.15) is 4.31 Å². The van der Waals surface area contributed by atoms with E-state index in [0.717, 1.165) is 59.8 Å². The number of fused-ring (bicyclic) bond motifs is 1. The molecule has 1 amide bonds. The molecule has 0 aromatic heterocycles. The Bertz CT molecular complexity index is 1230. The van der Waals surface area contributed by atoms with E-state index in [1.807, 2.05) is 49.9 Å². The third kappa shape index (κ3) is 4.96. The van der Waals surface area contributed by atoms with Crippen molar-refractivity contribution in [1.29, 1.82) is 0 Å². The van der Waals surface area contributed by atoms with E-state index in [4.69, 9.17) is 9.47 Å². The number of aryl methyl sites for hydroxylation is 3. The highest BCUT2D eigenvalue weighted by Gasteiger charge is 2.37. The maximum absolute atomic E-state index is 13.5. The molecule has 2 fully saturated rings. The molecule has 3 heterocycles. The number of benzene rings is 2. The summed E-state index contributed by atoms with van der Waals surface area (Å²) < 4.78 is 39.5. The summed E-state index contributed by atoms with van der Waals surface area (Å²) in [7, 11) is -3.65. The van der Waals surface area contributed by atoms with Crippen LogP contribution < -0.4 is 9.47 Å². The molecule has 2 saturated heterocycles. The van der Waals surface area contributed by atoms with Gasteiger partial charge in [-0.15, -0.1) is 0 Å². The molecule has 2 aromatic rings. The first kappa shape index (κ1) is 25.0. The van der Waals surface area contributed by atoms with Gasteiger partial charge >= 0.3 is 0 Å². The summed E-state index contributed by atoms with van der Waals surface area (Å²) in [5.74, 6) is 1.36. The van der Waals surface area contributed by atoms with Crippen LogP contribution in [0.2, 0.25) is 0 Å². The highest BCUT2D eigenvalue weighted by atomic mass is 32.2. The van der Waals surface area contributed by atoms with Crippen LogP contribution >= 0.6 is 0 Å². The van der Waals surface area contributed by atoms with Crippen LogP contribution in [0.4, 0.5) is 0 Å². The number of carbonyl (C=O) groups excluding carboxylic acids is 1. The predicted octanol–water partition coefficient (Wildman–Crippen LogP) is 3.09. The molecule has 2 aromatic carbocycles. The van der Waals surface area contributed by atoms with Crippen molar-refractivity contribution in [3.63, 3.8) is 0 Å². The molecular formula is C27H35N3O5S. The fourth-order valence-electron chi connectivity index (χ4n) is 5.75. The Morgan fingerprint density at radius 2 is 1.64 bits per heavy atom. The summed E-state index contributed by atoms with van der Waals surface area (Å²) in [6.07, 6.45) is 1.43. The monoisotopic (exact) mass is 513 g/mol. The van der Waals surface area contributed by atoms with Gasteiger partial charge in [0.05, 0.1) is 10.8 Å². The number of ether oxygens (including phenoxy) is 2. The molecule has 0 bridgehead atoms. The maximum atomic E-state index is 13.5. The zero-order valence-electron chi connectivity index (χ0n) is 21.3. The van der Waals surface area contributed by atoms with Gasteiger partial charge in [0.15, 0.2) is 11.5 Å². The highest BCUT2D eigenvalue weighted by Crippen LogP contribution is 2.33. The molecule has 0 spiro atoms. The van der Waals surface area contributed by atoms with E-state index in [1.54, 1.807) is 0 Å². The zero-order chi connectivity index (χ0) is 25.4. The van der Waals surface area contributed by atoms with Gasteiger partial charge < -0.3 is 14.4 Å². The van der Waals surface area contributed by atoms with Crippen molar-refractivity contribution in [2.24, 2.45) is 5.92 Å². The third-order valence-corrected chi connectivity index (χ3v) is 9.63. The van der Waals surface area contributed by atoms with E-state index >= 15 is 0 Å². The minimum atomic E-state index is -3.65. The van der Waals surface area contributed by atoms with E-state index in [2.05, 4.69) is 11.0 Å². The minimum Gasteiger partial charge on any atom is -0.454 e. The van der Waals surface area contributed by atoms with Crippen molar-refractivity contribution in [2.45, 2.75) is 45.1 Å². The van der Waals surface area contributed by atoms with E-state index in [9.17, 15) is 13.2 Å². The summed E-state index contributed by atoms with van der Waals surface area (Å²) in [4.78, 5) is 18.0. The summed E-state index contributed by atoms with van der Waals surface area (Å²) in [6.45, 7) is 10.3. The van der Waals surface area contributed by atoms with Gasteiger partial charge in [-0.25, -0.2) is 8.42 Å². The van der Waals surface area contributed by atoms with E-state index in [-0.39, 0.29) is 25.2 Å². The molecule has 5 rings (SSSR count). The lowest BCUT2D eigenvalue weighted by atomic mass is 9.97. The molecule has 0 N–H and O–H groups in total. The van der Waals surface area contributed by atoms with Crippen LogP contribution in [0.15, 0.2) is 35.2 Å². The van der Waals surface area contributed by atoms with Gasteiger partial charge in [-0.05, 0) is 62.4 Å². The predicted molar refractivity (Wildman–Crippen MR) is 137 cm³/mol. The van der Waals surface area contributed by atoms with Crippen LogP contribution in [0, 0.1) is 26.7 Å². The number of piperazine rings is 1. The summed E-state index contributed by atoms with van der Waals surface area (Å²) >= 11 is 0. The first-order valence-corrected chi connectivity index (χ1v) is 14.1. The van der Waals surface area contributed by atoms with E-state index in [1.165, 1.54) is 4.31 Å². The molecule has 9 heteroatoms. The molecule has 0 radical (unpaired) electrons. The standard InChI is InChI=1S/C27H35N3O5S/c1-19-13-20(2)26(21(3)14-19)36(32,33)30-8-4-5-23(17-30)27(31)29-11-9-28(10-12-29)16-22-6-7-24-25(15-22)35-18-34-24/h6-7,13-15,23H,4-5,8-12,16-18H2,1-3H3/t23-/m1/s1. The van der Waals surface area contributed by atoms with Crippen LogP contribution in [-0.4, -0.2) is 74.5 Å². The zero-order valence-corrected chi connectivity index (χ0v) is 22.1. The van der Waals surface area contributed by atoms with Crippen molar-refractivity contribution in [2.75, 3.05) is 46.1 Å². The van der Waals surface area contributed by atoms with E-state index < -0.39 is 10.0 Å². The van der Waals surface area contributed by atoms with Crippen molar-refractivity contribution in [1.82, 2.24) is 14.1 Å². The Morgan fingerprint density at radius 3 is 2.36 bits per heavy atom. The molecule has 8 nitrogen and oxygen atoms in total. The van der Waals surface area contributed by atoms with Gasteiger partial charge in [0.1, 0.15) is 0 Å². The van der Waals surface area contributed by atoms with Gasteiger partial charge in [-0.1, -0.05) is 23.8 Å². The second kappa shape index (κ2) is 10.0. The Labute approximate surface area is 213 Å². The number of carbonyl (C=O) groups is 1. The first-order valence-electron chi connectivity index (χ1n) is 12.7. The number of amides is 1. The second-order valence-electron chi connectivity index (χ2n) is 10.2. The Hall–Kier alpha value is -2.62. The topological polar surface area (TPSA) is 79.4 Å². The fraction of sp³-hybridized carbons (Fsp3) is 0.519. The van der Waals surface area contributed by atoms with Crippen LogP contribution in [0.1, 0.15) is 35.1 Å². The number of hydrogen-bond donors (Lipinski definition) is 0. The highest BCUT2D eigenvalue weighted by molar-refractivity contribution is 7.89. The molecule has 1 atom stereocenters. The Balaban J connectivity index is 1.19. The average molecular weight is 514 g/mol. The van der Waals surface area contributed by atoms with Gasteiger partial charge in [-0.3, -0.25) is 9.69 Å². The molecule has 194 valence electrons. The quantitative estimate of drug-likeness (QED) is 0.612. The Kier molecular flexibility index (Phi) is 6.98. The van der Waals surface area contributed by atoms with Crippen LogP contribution in [0.25, 0.3) is 0 Å². The van der Waals surface area contributed by atoms with Crippen molar-refractivity contribution in [3.05, 3.63) is 52.6 Å². The van der Waals surface area contributed by atoms with Crippen molar-refractivity contribution in [3.8, 4) is 11.5 Å². The SMILES string of the molecule is Cc1cc(C)c(S(=O)(=O)N2CCC[C@@H](C(=O)N3CCN(Cc4ccc5c(c4)OCO5)CC3)C2)c(C)c1. The van der Waals surface area contributed by atoms with E-state index in [0.29, 0.717) is 31.0 Å². The fourth-order valence-corrected chi connectivity index (χ4v) is 7.68. The number of sulfonamides is 1. The summed E-state index contributed by atoms with van der Waals surface area (Å²) in [5.41, 5.74) is 3.74. The van der Waals surface area contributed by atoms with Crippen molar-refractivity contribution >= 4 is 15.9 Å². The van der Waals surface area contributed by atoms with Gasteiger partial charge in [0.25, 0.3) is 0 Å². The number of rotatable bonds is 5. The normalized spacial score (nSPS) is 21.1. The van der Waals surface area contributed by atoms with Crippen LogP contribution in [-0.2, 0) is 21.4 Å². The second-order valence-corrected chi connectivity index (χ2v) is 12.1. The largest absolute Gasteiger partial charge is 0.454 e. The molecule has 36 heavy (non-hydrogen) atoms. The molecule has 0 unspecified atom stereocenters. The first-order chi connectivity index (χ1) is 17.2. The summed E-state index contributed by atoms with van der Waals surface area (Å²) in [6, 6.07) is 9.85. The lowest BCUT2D eigenvalue weighted by molar-refractivity contribution is -0.138. The molecule has 3 aliphatic heterocycles.